The molecule has 0 spiro atoms. The summed E-state index contributed by atoms with van der Waals surface area (Å²) in [5, 5.41) is 25.7. The number of carbonyl (C=O) groups is 1. The summed E-state index contributed by atoms with van der Waals surface area (Å²) in [5.74, 6) is -0.894. The van der Waals surface area contributed by atoms with Gasteiger partial charge >= 0.3 is 13.1 Å². The Hall–Kier alpha value is -1.47. The summed E-state index contributed by atoms with van der Waals surface area (Å²) in [6.45, 7) is 0. The summed E-state index contributed by atoms with van der Waals surface area (Å²) < 4.78 is 0. The van der Waals surface area contributed by atoms with Crippen LogP contribution in [0.25, 0.3) is 0 Å². The van der Waals surface area contributed by atoms with Crippen molar-refractivity contribution >= 4 is 18.6 Å². The van der Waals surface area contributed by atoms with Gasteiger partial charge in [0.05, 0.1) is 0 Å². The Kier molecular flexibility index (Phi) is 2.94. The highest BCUT2D eigenvalue weighted by Gasteiger charge is 2.12. The van der Waals surface area contributed by atoms with Crippen molar-refractivity contribution in [2.75, 3.05) is 0 Å². The summed E-state index contributed by atoms with van der Waals surface area (Å²) >= 11 is 0. The second kappa shape index (κ2) is 3.97. The average Bonchev–Trinajstić information content (AvgIpc) is 2.04. The SMILES string of the molecule is O=C(O)Cc1ncc(B(O)O)cn1. The third-order valence-electron chi connectivity index (χ3n) is 1.33. The van der Waals surface area contributed by atoms with Crippen molar-refractivity contribution < 1.29 is 19.9 Å². The predicted molar refractivity (Wildman–Crippen MR) is 43.2 cm³/mol. The second-order valence-electron chi connectivity index (χ2n) is 2.38. The normalized spacial score (nSPS) is 9.69. The Morgan fingerprint density at radius 3 is 2.31 bits per heavy atom. The lowest BCUT2D eigenvalue weighted by atomic mass is 9.83. The van der Waals surface area contributed by atoms with E-state index < -0.39 is 13.1 Å². The molecule has 13 heavy (non-hydrogen) atoms. The van der Waals surface area contributed by atoms with Crippen LogP contribution in [0.5, 0.6) is 0 Å². The van der Waals surface area contributed by atoms with Crippen molar-refractivity contribution in [3.8, 4) is 0 Å². The van der Waals surface area contributed by atoms with Gasteiger partial charge in [0, 0.05) is 17.9 Å². The van der Waals surface area contributed by atoms with E-state index in [1.54, 1.807) is 0 Å². The first-order chi connectivity index (χ1) is 6.09. The molecular formula is C6H7BN2O4. The molecule has 1 heterocycles. The molecule has 0 aliphatic carbocycles. The van der Waals surface area contributed by atoms with Crippen molar-refractivity contribution in [2.45, 2.75) is 6.42 Å². The van der Waals surface area contributed by atoms with Crippen LogP contribution in [-0.2, 0) is 11.2 Å². The van der Waals surface area contributed by atoms with Gasteiger partial charge in [0.25, 0.3) is 0 Å². The highest BCUT2D eigenvalue weighted by Crippen LogP contribution is 1.88. The Morgan fingerprint density at radius 2 is 1.92 bits per heavy atom. The Bertz CT molecular complexity index is 300. The maximum absolute atomic E-state index is 10.2. The summed E-state index contributed by atoms with van der Waals surface area (Å²) in [5.41, 5.74) is 0.133. The van der Waals surface area contributed by atoms with Gasteiger partial charge in [-0.05, 0) is 0 Å². The number of nitrogens with zero attached hydrogens (tertiary/aromatic N) is 2. The molecule has 6 nitrogen and oxygen atoms in total. The molecule has 0 fully saturated rings. The molecule has 0 amide bonds. The van der Waals surface area contributed by atoms with Crippen LogP contribution >= 0.6 is 0 Å². The van der Waals surface area contributed by atoms with E-state index >= 15 is 0 Å². The first-order valence-corrected chi connectivity index (χ1v) is 3.48. The minimum atomic E-state index is -1.63. The molecule has 1 aromatic heterocycles. The molecule has 0 unspecified atom stereocenters. The molecule has 0 atom stereocenters. The van der Waals surface area contributed by atoms with Crippen LogP contribution in [-0.4, -0.2) is 38.2 Å². The van der Waals surface area contributed by atoms with Crippen LogP contribution in [0.2, 0.25) is 0 Å². The van der Waals surface area contributed by atoms with Gasteiger partial charge in [-0.1, -0.05) is 0 Å². The van der Waals surface area contributed by atoms with Crippen LogP contribution in [0.4, 0.5) is 0 Å². The molecular weight excluding hydrogens is 175 g/mol. The second-order valence-corrected chi connectivity index (χ2v) is 2.38. The number of hydrogen-bond donors (Lipinski definition) is 3. The van der Waals surface area contributed by atoms with Crippen LogP contribution in [0.15, 0.2) is 12.4 Å². The zero-order valence-electron chi connectivity index (χ0n) is 6.58. The number of hydrogen-bond acceptors (Lipinski definition) is 5. The lowest BCUT2D eigenvalue weighted by Gasteiger charge is -1.98. The van der Waals surface area contributed by atoms with Gasteiger partial charge in [-0.2, -0.15) is 0 Å². The Labute approximate surface area is 74.0 Å². The van der Waals surface area contributed by atoms with Crippen molar-refractivity contribution in [3.63, 3.8) is 0 Å². The number of carboxylic acid groups (broad SMARTS) is 1. The Morgan fingerprint density at radius 1 is 1.38 bits per heavy atom. The van der Waals surface area contributed by atoms with Gasteiger partial charge in [0.1, 0.15) is 12.2 Å². The summed E-state index contributed by atoms with van der Waals surface area (Å²) in [4.78, 5) is 17.5. The molecule has 0 saturated carbocycles. The number of carboxylic acids is 1. The monoisotopic (exact) mass is 182 g/mol. The smallest absolute Gasteiger partial charge is 0.481 e. The molecule has 0 radical (unpaired) electrons. The minimum Gasteiger partial charge on any atom is -0.481 e. The molecule has 0 bridgehead atoms. The van der Waals surface area contributed by atoms with Gasteiger partial charge in [-0.15, -0.1) is 0 Å². The quantitative estimate of drug-likeness (QED) is 0.457. The van der Waals surface area contributed by atoms with Gasteiger partial charge < -0.3 is 15.2 Å². The maximum Gasteiger partial charge on any atom is 0.491 e. The van der Waals surface area contributed by atoms with Crippen LogP contribution < -0.4 is 5.46 Å². The highest BCUT2D eigenvalue weighted by atomic mass is 16.4. The highest BCUT2D eigenvalue weighted by molar-refractivity contribution is 6.58. The molecule has 1 rings (SSSR count). The van der Waals surface area contributed by atoms with E-state index in [1.807, 2.05) is 0 Å². The number of aliphatic carboxylic acids is 1. The predicted octanol–water partition coefficient (Wildman–Crippen LogP) is -2.22. The van der Waals surface area contributed by atoms with Crippen molar-refractivity contribution in [1.29, 1.82) is 0 Å². The third kappa shape index (κ3) is 2.81. The van der Waals surface area contributed by atoms with Gasteiger partial charge in [0.15, 0.2) is 0 Å². The van der Waals surface area contributed by atoms with E-state index in [1.165, 1.54) is 12.4 Å². The van der Waals surface area contributed by atoms with Crippen molar-refractivity contribution in [2.24, 2.45) is 0 Å². The molecule has 0 aromatic carbocycles. The molecule has 68 valence electrons. The summed E-state index contributed by atoms with van der Waals surface area (Å²) in [6.07, 6.45) is 2.08. The standard InChI is InChI=1S/C6H7BN2O4/c10-6(11)1-5-8-2-4(3-9-5)7(12)13/h2-3,12-13H,1H2,(H,10,11). The first-order valence-electron chi connectivity index (χ1n) is 3.48. The zero-order valence-corrected chi connectivity index (χ0v) is 6.58. The van der Waals surface area contributed by atoms with Crippen molar-refractivity contribution in [1.82, 2.24) is 9.97 Å². The van der Waals surface area contributed by atoms with E-state index in [0.29, 0.717) is 0 Å². The molecule has 1 aromatic rings. The topological polar surface area (TPSA) is 104 Å². The third-order valence-corrected chi connectivity index (χ3v) is 1.33. The Balaban J connectivity index is 2.75. The van der Waals surface area contributed by atoms with E-state index in [2.05, 4.69) is 9.97 Å². The fourth-order valence-corrected chi connectivity index (χ4v) is 0.725. The lowest BCUT2D eigenvalue weighted by Crippen LogP contribution is -2.31. The van der Waals surface area contributed by atoms with Crippen LogP contribution in [0, 0.1) is 0 Å². The van der Waals surface area contributed by atoms with Crippen molar-refractivity contribution in [3.05, 3.63) is 18.2 Å². The maximum atomic E-state index is 10.2. The summed E-state index contributed by atoms with van der Waals surface area (Å²) in [7, 11) is -1.63. The van der Waals surface area contributed by atoms with Crippen LogP contribution in [0.3, 0.4) is 0 Å². The average molecular weight is 182 g/mol. The molecule has 0 saturated heterocycles. The van der Waals surface area contributed by atoms with E-state index in [-0.39, 0.29) is 17.7 Å². The fraction of sp³-hybridized carbons (Fsp3) is 0.167. The zero-order chi connectivity index (χ0) is 9.84. The van der Waals surface area contributed by atoms with Gasteiger partial charge in [0.2, 0.25) is 0 Å². The minimum absolute atomic E-state index is 0.133. The van der Waals surface area contributed by atoms with Gasteiger partial charge in [-0.25, -0.2) is 9.97 Å². The van der Waals surface area contributed by atoms with Gasteiger partial charge in [-0.3, -0.25) is 4.79 Å². The van der Waals surface area contributed by atoms with E-state index in [4.69, 9.17) is 15.2 Å². The summed E-state index contributed by atoms with van der Waals surface area (Å²) in [6, 6.07) is 0. The molecule has 3 N–H and O–H groups in total. The largest absolute Gasteiger partial charge is 0.491 e. The molecule has 0 aliphatic rings. The van der Waals surface area contributed by atoms with E-state index in [9.17, 15) is 4.79 Å². The first kappa shape index (κ1) is 9.62. The number of rotatable bonds is 3. The molecule has 0 aliphatic heterocycles. The van der Waals surface area contributed by atoms with Crippen LogP contribution in [0.1, 0.15) is 5.82 Å². The number of aromatic nitrogens is 2. The van der Waals surface area contributed by atoms with E-state index in [0.717, 1.165) is 0 Å². The molecule has 7 heteroatoms. The fourth-order valence-electron chi connectivity index (χ4n) is 0.725. The lowest BCUT2D eigenvalue weighted by molar-refractivity contribution is -0.136.